The molecular formula is C32H62O4. The summed E-state index contributed by atoms with van der Waals surface area (Å²) in [5.74, 6) is -0.705. The number of esters is 1. The second kappa shape index (κ2) is 28.5. The van der Waals surface area contributed by atoms with Crippen molar-refractivity contribution in [3.05, 3.63) is 0 Å². The van der Waals surface area contributed by atoms with Crippen LogP contribution < -0.4 is 0 Å². The SMILES string of the molecule is CCCCCCCCCCCCCCCCC(=O)OC(CCCCCC)CCCCCCCC(=O)O. The van der Waals surface area contributed by atoms with Gasteiger partial charge in [0.25, 0.3) is 0 Å². The molecule has 0 bridgehead atoms. The third-order valence-electron chi connectivity index (χ3n) is 7.33. The molecule has 4 heteroatoms. The minimum absolute atomic E-state index is 0.00381. The zero-order valence-electron chi connectivity index (χ0n) is 24.3. The summed E-state index contributed by atoms with van der Waals surface area (Å²) in [6.45, 7) is 4.50. The van der Waals surface area contributed by atoms with Crippen molar-refractivity contribution in [3.63, 3.8) is 0 Å². The second-order valence-corrected chi connectivity index (χ2v) is 11.0. The molecule has 1 unspecified atom stereocenters. The molecule has 36 heavy (non-hydrogen) atoms. The molecule has 0 aliphatic carbocycles. The van der Waals surface area contributed by atoms with Crippen molar-refractivity contribution in [2.24, 2.45) is 0 Å². The largest absolute Gasteiger partial charge is 0.481 e. The summed E-state index contributed by atoms with van der Waals surface area (Å²) in [4.78, 5) is 23.0. The molecule has 0 saturated carbocycles. The number of rotatable bonds is 29. The summed E-state index contributed by atoms with van der Waals surface area (Å²) in [5.41, 5.74) is 0. The Labute approximate surface area is 224 Å². The predicted molar refractivity (Wildman–Crippen MR) is 154 cm³/mol. The molecule has 0 saturated heterocycles. The highest BCUT2D eigenvalue weighted by Crippen LogP contribution is 2.18. The number of hydrogen-bond acceptors (Lipinski definition) is 3. The lowest BCUT2D eigenvalue weighted by molar-refractivity contribution is -0.150. The molecule has 0 aromatic carbocycles. The lowest BCUT2D eigenvalue weighted by atomic mass is 10.0. The third kappa shape index (κ3) is 27.5. The van der Waals surface area contributed by atoms with Gasteiger partial charge in [-0.25, -0.2) is 0 Å². The lowest BCUT2D eigenvalue weighted by Gasteiger charge is -2.18. The van der Waals surface area contributed by atoms with E-state index in [2.05, 4.69) is 13.8 Å². The van der Waals surface area contributed by atoms with Crippen LogP contribution in [0.15, 0.2) is 0 Å². The first-order valence-corrected chi connectivity index (χ1v) is 16.0. The minimum atomic E-state index is -0.701. The van der Waals surface area contributed by atoms with E-state index in [1.165, 1.54) is 96.3 Å². The van der Waals surface area contributed by atoms with Crippen molar-refractivity contribution in [2.75, 3.05) is 0 Å². The van der Waals surface area contributed by atoms with Gasteiger partial charge in [-0.05, 0) is 38.5 Å². The Kier molecular flexibility index (Phi) is 27.7. The maximum absolute atomic E-state index is 12.4. The van der Waals surface area contributed by atoms with Crippen LogP contribution in [0, 0.1) is 0 Å². The van der Waals surface area contributed by atoms with Crippen LogP contribution in [-0.4, -0.2) is 23.1 Å². The van der Waals surface area contributed by atoms with Crippen molar-refractivity contribution >= 4 is 11.9 Å². The zero-order chi connectivity index (χ0) is 26.5. The highest BCUT2D eigenvalue weighted by molar-refractivity contribution is 5.69. The number of aliphatic carboxylic acids is 1. The molecule has 0 amide bonds. The van der Waals surface area contributed by atoms with Gasteiger partial charge in [-0.2, -0.15) is 0 Å². The summed E-state index contributed by atoms with van der Waals surface area (Å²) in [7, 11) is 0. The average molecular weight is 511 g/mol. The van der Waals surface area contributed by atoms with E-state index in [0.29, 0.717) is 6.42 Å². The minimum Gasteiger partial charge on any atom is -0.481 e. The first kappa shape index (κ1) is 34.9. The Morgan fingerprint density at radius 2 is 0.833 bits per heavy atom. The highest BCUT2D eigenvalue weighted by Gasteiger charge is 2.14. The number of carbonyl (C=O) groups excluding carboxylic acids is 1. The van der Waals surface area contributed by atoms with Gasteiger partial charge in [-0.15, -0.1) is 0 Å². The van der Waals surface area contributed by atoms with Crippen molar-refractivity contribution < 1.29 is 19.4 Å². The molecule has 0 fully saturated rings. The van der Waals surface area contributed by atoms with Crippen LogP contribution in [0.25, 0.3) is 0 Å². The number of unbranched alkanes of at least 4 members (excludes halogenated alkanes) is 20. The summed E-state index contributed by atoms with van der Waals surface area (Å²) in [6, 6.07) is 0. The lowest BCUT2D eigenvalue weighted by Crippen LogP contribution is -2.18. The van der Waals surface area contributed by atoms with E-state index < -0.39 is 5.97 Å². The van der Waals surface area contributed by atoms with Gasteiger partial charge in [-0.1, -0.05) is 136 Å². The summed E-state index contributed by atoms with van der Waals surface area (Å²) in [6.07, 6.45) is 31.2. The fourth-order valence-electron chi connectivity index (χ4n) is 4.95. The number of hydrogen-bond donors (Lipinski definition) is 1. The normalized spacial score (nSPS) is 12.1. The Morgan fingerprint density at radius 3 is 1.25 bits per heavy atom. The van der Waals surface area contributed by atoms with E-state index in [-0.39, 0.29) is 18.5 Å². The van der Waals surface area contributed by atoms with Gasteiger partial charge >= 0.3 is 11.9 Å². The predicted octanol–water partition coefficient (Wildman–Crippen LogP) is 10.6. The van der Waals surface area contributed by atoms with Gasteiger partial charge in [0.2, 0.25) is 0 Å². The van der Waals surface area contributed by atoms with Crippen molar-refractivity contribution in [1.29, 1.82) is 0 Å². The summed E-state index contributed by atoms with van der Waals surface area (Å²) >= 11 is 0. The van der Waals surface area contributed by atoms with Gasteiger partial charge in [0.05, 0.1) is 0 Å². The Balaban J connectivity index is 3.78. The molecule has 0 aromatic heterocycles. The average Bonchev–Trinajstić information content (AvgIpc) is 2.85. The maximum Gasteiger partial charge on any atom is 0.306 e. The van der Waals surface area contributed by atoms with Crippen LogP contribution in [0.2, 0.25) is 0 Å². The van der Waals surface area contributed by atoms with Crippen molar-refractivity contribution in [3.8, 4) is 0 Å². The van der Waals surface area contributed by atoms with Crippen LogP contribution >= 0.6 is 0 Å². The van der Waals surface area contributed by atoms with Gasteiger partial charge in [-0.3, -0.25) is 9.59 Å². The third-order valence-corrected chi connectivity index (χ3v) is 7.33. The quantitative estimate of drug-likeness (QED) is 0.0802. The van der Waals surface area contributed by atoms with Gasteiger partial charge in [0, 0.05) is 12.8 Å². The van der Waals surface area contributed by atoms with Crippen molar-refractivity contribution in [1.82, 2.24) is 0 Å². The number of ether oxygens (including phenoxy) is 1. The molecule has 1 atom stereocenters. The van der Waals surface area contributed by atoms with E-state index in [1.54, 1.807) is 0 Å². The molecule has 1 N–H and O–H groups in total. The topological polar surface area (TPSA) is 63.6 Å². The molecule has 0 rings (SSSR count). The maximum atomic E-state index is 12.4. The fourth-order valence-corrected chi connectivity index (χ4v) is 4.95. The first-order valence-electron chi connectivity index (χ1n) is 16.0. The fraction of sp³-hybridized carbons (Fsp3) is 0.938. The van der Waals surface area contributed by atoms with E-state index >= 15 is 0 Å². The molecule has 0 radical (unpaired) electrons. The molecule has 0 heterocycles. The zero-order valence-corrected chi connectivity index (χ0v) is 24.3. The van der Waals surface area contributed by atoms with Crippen LogP contribution in [0.5, 0.6) is 0 Å². The standard InChI is InChI=1S/C32H62O4/c1-3-5-7-9-10-11-12-13-14-15-16-17-21-25-29-32(35)36-30(26-22-8-6-4-2)27-23-19-18-20-24-28-31(33)34/h30H,3-29H2,1-2H3,(H,33,34). The molecule has 4 nitrogen and oxygen atoms in total. The van der Waals surface area contributed by atoms with Crippen LogP contribution in [0.3, 0.4) is 0 Å². The Morgan fingerprint density at radius 1 is 0.500 bits per heavy atom. The van der Waals surface area contributed by atoms with Gasteiger partial charge in [0.1, 0.15) is 6.10 Å². The van der Waals surface area contributed by atoms with E-state index in [0.717, 1.165) is 64.2 Å². The highest BCUT2D eigenvalue weighted by atomic mass is 16.5. The number of carboxylic acid groups (broad SMARTS) is 1. The van der Waals surface area contributed by atoms with Crippen LogP contribution in [-0.2, 0) is 14.3 Å². The molecule has 0 aliphatic rings. The van der Waals surface area contributed by atoms with E-state index in [1.807, 2.05) is 0 Å². The van der Waals surface area contributed by atoms with Gasteiger partial charge in [0.15, 0.2) is 0 Å². The summed E-state index contributed by atoms with van der Waals surface area (Å²) in [5, 5.41) is 8.72. The van der Waals surface area contributed by atoms with Crippen molar-refractivity contribution in [2.45, 2.75) is 193 Å². The second-order valence-electron chi connectivity index (χ2n) is 11.0. The smallest absolute Gasteiger partial charge is 0.306 e. The van der Waals surface area contributed by atoms with E-state index in [4.69, 9.17) is 9.84 Å². The molecule has 214 valence electrons. The molecule has 0 aromatic rings. The molecule has 0 spiro atoms. The molecule has 0 aliphatic heterocycles. The first-order chi connectivity index (χ1) is 17.6. The summed E-state index contributed by atoms with van der Waals surface area (Å²) < 4.78 is 5.89. The van der Waals surface area contributed by atoms with E-state index in [9.17, 15) is 9.59 Å². The molecular weight excluding hydrogens is 448 g/mol. The van der Waals surface area contributed by atoms with Gasteiger partial charge < -0.3 is 9.84 Å². The number of carboxylic acids is 1. The Bertz CT molecular complexity index is 477. The Hall–Kier alpha value is -1.06. The number of carbonyl (C=O) groups is 2. The van der Waals surface area contributed by atoms with Crippen LogP contribution in [0.4, 0.5) is 0 Å². The van der Waals surface area contributed by atoms with Crippen LogP contribution in [0.1, 0.15) is 187 Å². The monoisotopic (exact) mass is 510 g/mol.